The van der Waals surface area contributed by atoms with Crippen molar-refractivity contribution in [3.05, 3.63) is 41.5 Å². The van der Waals surface area contributed by atoms with Crippen LogP contribution in [0.4, 0.5) is 5.69 Å². The number of benzene rings is 1. The van der Waals surface area contributed by atoms with E-state index in [1.807, 2.05) is 6.92 Å². The lowest BCUT2D eigenvalue weighted by Gasteiger charge is -2.32. The predicted molar refractivity (Wildman–Crippen MR) is 86.8 cm³/mol. The molecule has 2 aromatic rings. The Morgan fingerprint density at radius 2 is 2.05 bits per heavy atom. The number of anilines is 1. The minimum atomic E-state index is 0.550. The standard InChI is InChI=1S/C17H24N4O/c1-3-17-19-16(20-22-17)12-21-10-8-14(9-11-21)18-15-7-5-4-6-13(15)2/h4-7,14,18H,3,8-12H2,1-2H3. The van der Waals surface area contributed by atoms with Gasteiger partial charge in [0.2, 0.25) is 5.89 Å². The number of hydrogen-bond acceptors (Lipinski definition) is 5. The number of rotatable bonds is 5. The number of likely N-dealkylation sites (tertiary alicyclic amines) is 1. The zero-order valence-electron chi connectivity index (χ0n) is 13.4. The molecule has 1 N–H and O–H groups in total. The number of nitrogens with zero attached hydrogens (tertiary/aromatic N) is 3. The average Bonchev–Trinajstić information content (AvgIpc) is 2.99. The van der Waals surface area contributed by atoms with E-state index in [2.05, 4.69) is 51.5 Å². The molecule has 1 aliphatic rings. The number of para-hydroxylation sites is 1. The van der Waals surface area contributed by atoms with Gasteiger partial charge in [0.15, 0.2) is 5.82 Å². The second-order valence-corrected chi connectivity index (χ2v) is 5.97. The highest BCUT2D eigenvalue weighted by Crippen LogP contribution is 2.20. The van der Waals surface area contributed by atoms with E-state index < -0.39 is 0 Å². The lowest BCUT2D eigenvalue weighted by atomic mass is 10.0. The van der Waals surface area contributed by atoms with Crippen LogP contribution in [0.3, 0.4) is 0 Å². The molecule has 5 heteroatoms. The molecule has 1 saturated heterocycles. The summed E-state index contributed by atoms with van der Waals surface area (Å²) in [5.74, 6) is 1.54. The first-order valence-electron chi connectivity index (χ1n) is 8.10. The van der Waals surface area contributed by atoms with Gasteiger partial charge in [0, 0.05) is 31.2 Å². The van der Waals surface area contributed by atoms with Gasteiger partial charge in [-0.25, -0.2) is 0 Å². The number of aryl methyl sites for hydroxylation is 2. The van der Waals surface area contributed by atoms with Crippen molar-refractivity contribution in [2.75, 3.05) is 18.4 Å². The SMILES string of the molecule is CCc1nc(CN2CCC(Nc3ccccc3C)CC2)no1. The second-order valence-electron chi connectivity index (χ2n) is 5.97. The summed E-state index contributed by atoms with van der Waals surface area (Å²) < 4.78 is 5.17. The minimum Gasteiger partial charge on any atom is -0.382 e. The van der Waals surface area contributed by atoms with Crippen LogP contribution in [0.1, 0.15) is 37.0 Å². The smallest absolute Gasteiger partial charge is 0.226 e. The predicted octanol–water partition coefficient (Wildman–Crippen LogP) is 3.02. The van der Waals surface area contributed by atoms with Gasteiger partial charge in [0.05, 0.1) is 6.54 Å². The van der Waals surface area contributed by atoms with Crippen LogP contribution < -0.4 is 5.32 Å². The first-order valence-corrected chi connectivity index (χ1v) is 8.10. The quantitative estimate of drug-likeness (QED) is 0.920. The Balaban J connectivity index is 1.49. The third-order valence-electron chi connectivity index (χ3n) is 4.27. The summed E-state index contributed by atoms with van der Waals surface area (Å²) in [6, 6.07) is 9.03. The lowest BCUT2D eigenvalue weighted by Crippen LogP contribution is -2.39. The fraction of sp³-hybridized carbons (Fsp3) is 0.529. The average molecular weight is 300 g/mol. The molecule has 1 fully saturated rings. The summed E-state index contributed by atoms with van der Waals surface area (Å²) in [5, 5.41) is 7.71. The topological polar surface area (TPSA) is 54.2 Å². The van der Waals surface area contributed by atoms with Gasteiger partial charge >= 0.3 is 0 Å². The third-order valence-corrected chi connectivity index (χ3v) is 4.27. The number of aromatic nitrogens is 2. The monoisotopic (exact) mass is 300 g/mol. The van der Waals surface area contributed by atoms with Crippen LogP contribution in [0, 0.1) is 6.92 Å². The Hall–Kier alpha value is -1.88. The molecular formula is C17H24N4O. The highest BCUT2D eigenvalue weighted by atomic mass is 16.5. The van der Waals surface area contributed by atoms with Gasteiger partial charge in [-0.1, -0.05) is 30.3 Å². The Bertz CT molecular complexity index is 602. The van der Waals surface area contributed by atoms with E-state index in [9.17, 15) is 0 Å². The summed E-state index contributed by atoms with van der Waals surface area (Å²) in [5.41, 5.74) is 2.57. The largest absolute Gasteiger partial charge is 0.382 e. The zero-order valence-corrected chi connectivity index (χ0v) is 13.4. The summed E-state index contributed by atoms with van der Waals surface area (Å²) >= 11 is 0. The molecule has 0 atom stereocenters. The van der Waals surface area contributed by atoms with E-state index >= 15 is 0 Å². The van der Waals surface area contributed by atoms with Gasteiger partial charge in [-0.05, 0) is 31.4 Å². The molecule has 1 aliphatic heterocycles. The van der Waals surface area contributed by atoms with E-state index in [1.54, 1.807) is 0 Å². The molecule has 0 amide bonds. The van der Waals surface area contributed by atoms with Crippen molar-refractivity contribution >= 4 is 5.69 Å². The second kappa shape index (κ2) is 6.92. The molecule has 5 nitrogen and oxygen atoms in total. The number of piperidine rings is 1. The van der Waals surface area contributed by atoms with Crippen molar-refractivity contribution in [2.45, 2.75) is 45.7 Å². The molecular weight excluding hydrogens is 276 g/mol. The zero-order chi connectivity index (χ0) is 15.4. The van der Waals surface area contributed by atoms with Crippen molar-refractivity contribution < 1.29 is 4.52 Å². The fourth-order valence-electron chi connectivity index (χ4n) is 2.89. The summed E-state index contributed by atoms with van der Waals surface area (Å²) in [6.07, 6.45) is 3.09. The van der Waals surface area contributed by atoms with E-state index in [0.717, 1.165) is 50.6 Å². The summed E-state index contributed by atoms with van der Waals surface area (Å²) in [4.78, 5) is 6.79. The number of hydrogen-bond donors (Lipinski definition) is 1. The van der Waals surface area contributed by atoms with Gasteiger partial charge in [0.1, 0.15) is 0 Å². The van der Waals surface area contributed by atoms with Gasteiger partial charge in [0.25, 0.3) is 0 Å². The van der Waals surface area contributed by atoms with E-state index in [1.165, 1.54) is 11.3 Å². The van der Waals surface area contributed by atoms with Crippen LogP contribution in [0.15, 0.2) is 28.8 Å². The first kappa shape index (κ1) is 15.0. The van der Waals surface area contributed by atoms with E-state index in [4.69, 9.17) is 4.52 Å². The maximum absolute atomic E-state index is 5.17. The molecule has 118 valence electrons. The minimum absolute atomic E-state index is 0.550. The van der Waals surface area contributed by atoms with Crippen LogP contribution in [0.2, 0.25) is 0 Å². The number of nitrogens with one attached hydrogen (secondary N) is 1. The Kier molecular flexibility index (Phi) is 4.73. The van der Waals surface area contributed by atoms with E-state index in [-0.39, 0.29) is 0 Å². The summed E-state index contributed by atoms with van der Waals surface area (Å²) in [7, 11) is 0. The molecule has 0 saturated carbocycles. The summed E-state index contributed by atoms with van der Waals surface area (Å²) in [6.45, 7) is 7.11. The first-order chi connectivity index (χ1) is 10.7. The van der Waals surface area contributed by atoms with Crippen molar-refractivity contribution in [2.24, 2.45) is 0 Å². The van der Waals surface area contributed by atoms with Gasteiger partial charge in [-0.3, -0.25) is 4.90 Å². The molecule has 0 radical (unpaired) electrons. The fourth-order valence-corrected chi connectivity index (χ4v) is 2.89. The lowest BCUT2D eigenvalue weighted by molar-refractivity contribution is 0.204. The Labute approximate surface area is 131 Å². The van der Waals surface area contributed by atoms with Crippen LogP contribution >= 0.6 is 0 Å². The van der Waals surface area contributed by atoms with Gasteiger partial charge < -0.3 is 9.84 Å². The van der Waals surface area contributed by atoms with Crippen LogP contribution in [0.5, 0.6) is 0 Å². The molecule has 3 rings (SSSR count). The highest BCUT2D eigenvalue weighted by molar-refractivity contribution is 5.50. The highest BCUT2D eigenvalue weighted by Gasteiger charge is 2.20. The Morgan fingerprint density at radius 3 is 2.73 bits per heavy atom. The van der Waals surface area contributed by atoms with Crippen LogP contribution in [-0.2, 0) is 13.0 Å². The molecule has 2 heterocycles. The Morgan fingerprint density at radius 1 is 1.27 bits per heavy atom. The van der Waals surface area contributed by atoms with Crippen molar-refractivity contribution in [3.8, 4) is 0 Å². The maximum Gasteiger partial charge on any atom is 0.226 e. The molecule has 0 bridgehead atoms. The molecule has 0 aliphatic carbocycles. The molecule has 0 unspecified atom stereocenters. The van der Waals surface area contributed by atoms with Crippen molar-refractivity contribution in [1.82, 2.24) is 15.0 Å². The molecule has 1 aromatic heterocycles. The molecule has 1 aromatic carbocycles. The molecule has 22 heavy (non-hydrogen) atoms. The van der Waals surface area contributed by atoms with Crippen LogP contribution in [-0.4, -0.2) is 34.2 Å². The normalized spacial score (nSPS) is 16.8. The van der Waals surface area contributed by atoms with Crippen molar-refractivity contribution in [1.29, 1.82) is 0 Å². The van der Waals surface area contributed by atoms with E-state index in [0.29, 0.717) is 6.04 Å². The van der Waals surface area contributed by atoms with Crippen LogP contribution in [0.25, 0.3) is 0 Å². The maximum atomic E-state index is 5.17. The third kappa shape index (κ3) is 3.65. The van der Waals surface area contributed by atoms with Gasteiger partial charge in [-0.15, -0.1) is 0 Å². The van der Waals surface area contributed by atoms with Gasteiger partial charge in [-0.2, -0.15) is 4.98 Å². The molecule has 0 spiro atoms. The van der Waals surface area contributed by atoms with Crippen molar-refractivity contribution in [3.63, 3.8) is 0 Å².